The Bertz CT molecular complexity index is 174. The Morgan fingerprint density at radius 3 is 2.46 bits per heavy atom. The molecular formula is C9H20N4. The molecular weight excluding hydrogens is 164 g/mol. The molecule has 4 nitrogen and oxygen atoms in total. The fourth-order valence-corrected chi connectivity index (χ4v) is 2.81. The van der Waals surface area contributed by atoms with Crippen LogP contribution in [0.2, 0.25) is 0 Å². The molecule has 1 aliphatic heterocycles. The highest BCUT2D eigenvalue weighted by molar-refractivity contribution is 5.02. The highest BCUT2D eigenvalue weighted by atomic mass is 15.5. The topological polar surface area (TPSA) is 53.3 Å². The van der Waals surface area contributed by atoms with Crippen LogP contribution in [0.5, 0.6) is 0 Å². The van der Waals surface area contributed by atoms with Crippen molar-refractivity contribution >= 4 is 0 Å². The lowest BCUT2D eigenvalue weighted by Crippen LogP contribution is -2.63. The van der Waals surface area contributed by atoms with Crippen molar-refractivity contribution in [2.24, 2.45) is 5.84 Å². The maximum absolute atomic E-state index is 5.51. The number of nitrogens with zero attached hydrogens (tertiary/aromatic N) is 1. The van der Waals surface area contributed by atoms with E-state index in [0.29, 0.717) is 5.54 Å². The van der Waals surface area contributed by atoms with Gasteiger partial charge in [0.25, 0.3) is 0 Å². The number of nitrogens with two attached hydrogens (primary N) is 1. The zero-order valence-corrected chi connectivity index (χ0v) is 8.34. The summed E-state index contributed by atoms with van der Waals surface area (Å²) in [7, 11) is 1.95. The van der Waals surface area contributed by atoms with Crippen LogP contribution in [0.1, 0.15) is 32.1 Å². The molecule has 1 saturated heterocycles. The second-order valence-electron chi connectivity index (χ2n) is 4.23. The van der Waals surface area contributed by atoms with Crippen molar-refractivity contribution in [2.75, 3.05) is 13.6 Å². The third-order valence-corrected chi connectivity index (χ3v) is 3.68. The molecule has 1 heterocycles. The molecule has 4 heteroatoms. The Morgan fingerprint density at radius 1 is 1.31 bits per heavy atom. The van der Waals surface area contributed by atoms with E-state index in [-0.39, 0.29) is 6.29 Å². The van der Waals surface area contributed by atoms with Gasteiger partial charge in [-0.25, -0.2) is 5.43 Å². The van der Waals surface area contributed by atoms with E-state index in [2.05, 4.69) is 15.6 Å². The molecule has 0 aromatic carbocycles. The number of likely N-dealkylation sites (tertiary alicyclic amines) is 1. The summed E-state index contributed by atoms with van der Waals surface area (Å²) in [5.41, 5.74) is 3.32. The fourth-order valence-electron chi connectivity index (χ4n) is 2.81. The first kappa shape index (κ1) is 9.40. The summed E-state index contributed by atoms with van der Waals surface area (Å²) >= 11 is 0. The second kappa shape index (κ2) is 3.53. The smallest absolute Gasteiger partial charge is 0.127 e. The minimum atomic E-state index is 0.155. The number of nitrogens with one attached hydrogen (secondary N) is 2. The lowest BCUT2D eigenvalue weighted by Gasteiger charge is -2.48. The minimum Gasteiger partial charge on any atom is -0.292 e. The zero-order chi connectivity index (χ0) is 9.31. The first-order valence-corrected chi connectivity index (χ1v) is 5.22. The molecule has 1 aliphatic carbocycles. The van der Waals surface area contributed by atoms with Gasteiger partial charge in [0.05, 0.1) is 0 Å². The molecule has 13 heavy (non-hydrogen) atoms. The third-order valence-electron chi connectivity index (χ3n) is 3.68. The molecule has 1 saturated carbocycles. The maximum Gasteiger partial charge on any atom is 0.127 e. The molecule has 0 bridgehead atoms. The number of hydrazine groups is 1. The lowest BCUT2D eigenvalue weighted by molar-refractivity contribution is -0.00244. The van der Waals surface area contributed by atoms with Crippen LogP contribution in [-0.4, -0.2) is 30.3 Å². The van der Waals surface area contributed by atoms with Gasteiger partial charge in [0.2, 0.25) is 0 Å². The van der Waals surface area contributed by atoms with Crippen LogP contribution in [0, 0.1) is 0 Å². The van der Waals surface area contributed by atoms with E-state index in [1.165, 1.54) is 38.6 Å². The summed E-state index contributed by atoms with van der Waals surface area (Å²) in [6.07, 6.45) is 6.92. The van der Waals surface area contributed by atoms with E-state index in [0.717, 1.165) is 0 Å². The molecule has 76 valence electrons. The standard InChI is InChI=1S/C9H20N4/c1-11-8(12-10)13-7-3-6-9(13)4-2-5-9/h8,11-12H,2-7,10H2,1H3. The minimum absolute atomic E-state index is 0.155. The van der Waals surface area contributed by atoms with Crippen LogP contribution in [0.3, 0.4) is 0 Å². The zero-order valence-electron chi connectivity index (χ0n) is 8.34. The maximum atomic E-state index is 5.51. The normalized spacial score (nSPS) is 29.1. The molecule has 1 spiro atoms. The van der Waals surface area contributed by atoms with Gasteiger partial charge in [-0.1, -0.05) is 0 Å². The monoisotopic (exact) mass is 184 g/mol. The predicted octanol–water partition coefficient (Wildman–Crippen LogP) is -0.0288. The Morgan fingerprint density at radius 2 is 2.00 bits per heavy atom. The SMILES string of the molecule is CNC(NN)N1CCCC12CCC2. The van der Waals surface area contributed by atoms with Crippen molar-refractivity contribution < 1.29 is 0 Å². The summed E-state index contributed by atoms with van der Waals surface area (Å²) in [5.74, 6) is 5.51. The second-order valence-corrected chi connectivity index (χ2v) is 4.23. The molecule has 0 amide bonds. The van der Waals surface area contributed by atoms with Crippen molar-refractivity contribution in [1.82, 2.24) is 15.6 Å². The molecule has 0 aromatic rings. The van der Waals surface area contributed by atoms with Gasteiger partial charge in [0.15, 0.2) is 0 Å². The first-order valence-electron chi connectivity index (χ1n) is 5.22. The number of rotatable bonds is 3. The summed E-state index contributed by atoms with van der Waals surface area (Å²) in [4.78, 5) is 2.50. The van der Waals surface area contributed by atoms with Gasteiger partial charge in [-0.05, 0) is 39.2 Å². The summed E-state index contributed by atoms with van der Waals surface area (Å²) in [6, 6.07) is 0. The van der Waals surface area contributed by atoms with E-state index in [4.69, 9.17) is 5.84 Å². The van der Waals surface area contributed by atoms with Crippen LogP contribution in [0.4, 0.5) is 0 Å². The molecule has 2 fully saturated rings. The molecule has 1 unspecified atom stereocenters. The van der Waals surface area contributed by atoms with Crippen molar-refractivity contribution in [3.63, 3.8) is 0 Å². The number of hydrogen-bond donors (Lipinski definition) is 3. The molecule has 2 rings (SSSR count). The van der Waals surface area contributed by atoms with E-state index in [9.17, 15) is 0 Å². The average molecular weight is 184 g/mol. The van der Waals surface area contributed by atoms with Gasteiger partial charge >= 0.3 is 0 Å². The van der Waals surface area contributed by atoms with Crippen molar-refractivity contribution in [2.45, 2.75) is 43.9 Å². The van der Waals surface area contributed by atoms with Crippen molar-refractivity contribution in [3.8, 4) is 0 Å². The van der Waals surface area contributed by atoms with Crippen LogP contribution >= 0.6 is 0 Å². The predicted molar refractivity (Wildman–Crippen MR) is 52.7 cm³/mol. The Balaban J connectivity index is 2.04. The Labute approximate surface area is 79.8 Å². The van der Waals surface area contributed by atoms with E-state index < -0.39 is 0 Å². The van der Waals surface area contributed by atoms with Gasteiger partial charge in [-0.3, -0.25) is 16.1 Å². The highest BCUT2D eigenvalue weighted by Crippen LogP contribution is 2.45. The summed E-state index contributed by atoms with van der Waals surface area (Å²) < 4.78 is 0. The first-order chi connectivity index (χ1) is 6.32. The van der Waals surface area contributed by atoms with Gasteiger partial charge < -0.3 is 0 Å². The fraction of sp³-hybridized carbons (Fsp3) is 1.00. The van der Waals surface area contributed by atoms with E-state index in [1.807, 2.05) is 7.05 Å². The van der Waals surface area contributed by atoms with Gasteiger partial charge in [0.1, 0.15) is 6.29 Å². The van der Waals surface area contributed by atoms with E-state index in [1.54, 1.807) is 0 Å². The largest absolute Gasteiger partial charge is 0.292 e. The van der Waals surface area contributed by atoms with Gasteiger partial charge in [-0.2, -0.15) is 0 Å². The Hall–Kier alpha value is -0.160. The summed E-state index contributed by atoms with van der Waals surface area (Å²) in [6.45, 7) is 1.18. The van der Waals surface area contributed by atoms with Crippen LogP contribution in [-0.2, 0) is 0 Å². The van der Waals surface area contributed by atoms with Crippen molar-refractivity contribution in [3.05, 3.63) is 0 Å². The van der Waals surface area contributed by atoms with E-state index >= 15 is 0 Å². The average Bonchev–Trinajstić information content (AvgIpc) is 2.50. The van der Waals surface area contributed by atoms with Crippen LogP contribution < -0.4 is 16.6 Å². The quantitative estimate of drug-likeness (QED) is 0.327. The van der Waals surface area contributed by atoms with Gasteiger partial charge in [0, 0.05) is 12.1 Å². The summed E-state index contributed by atoms with van der Waals surface area (Å²) in [5, 5.41) is 3.21. The molecule has 1 atom stereocenters. The van der Waals surface area contributed by atoms with Crippen LogP contribution in [0.15, 0.2) is 0 Å². The lowest BCUT2D eigenvalue weighted by atomic mass is 9.75. The molecule has 2 aliphatic rings. The molecule has 0 aromatic heterocycles. The highest BCUT2D eigenvalue weighted by Gasteiger charge is 2.47. The third kappa shape index (κ3) is 1.38. The number of hydrogen-bond acceptors (Lipinski definition) is 4. The van der Waals surface area contributed by atoms with Crippen LogP contribution in [0.25, 0.3) is 0 Å². The molecule has 4 N–H and O–H groups in total. The molecule has 0 radical (unpaired) electrons. The van der Waals surface area contributed by atoms with Gasteiger partial charge in [-0.15, -0.1) is 0 Å². The Kier molecular flexibility index (Phi) is 2.55. The van der Waals surface area contributed by atoms with Crippen molar-refractivity contribution in [1.29, 1.82) is 0 Å².